The van der Waals surface area contributed by atoms with E-state index < -0.39 is 17.5 Å². The highest BCUT2D eigenvalue weighted by Crippen LogP contribution is 2.44. The highest BCUT2D eigenvalue weighted by molar-refractivity contribution is 5.90. The number of para-hydroxylation sites is 1. The standard InChI is InChI=1S/C16H18O4/c1-16(20-3)10-6-8-12(15(17)18)14(16)11-7-4-5-9-13(11)19-2/h4-10,14H,1-3H3,(H,17,18). The Kier molecular flexibility index (Phi) is 3.95. The third-order valence-corrected chi connectivity index (χ3v) is 3.72. The van der Waals surface area contributed by atoms with Crippen LogP contribution in [0.25, 0.3) is 0 Å². The van der Waals surface area contributed by atoms with Crippen molar-refractivity contribution < 1.29 is 19.4 Å². The van der Waals surface area contributed by atoms with Gasteiger partial charge < -0.3 is 14.6 Å². The van der Waals surface area contributed by atoms with Crippen molar-refractivity contribution in [1.82, 2.24) is 0 Å². The first-order valence-corrected chi connectivity index (χ1v) is 6.34. The molecule has 1 aliphatic carbocycles. The van der Waals surface area contributed by atoms with Crippen LogP contribution in [-0.4, -0.2) is 30.9 Å². The molecule has 0 aliphatic heterocycles. The number of allylic oxidation sites excluding steroid dienone is 2. The fourth-order valence-corrected chi connectivity index (χ4v) is 2.61. The van der Waals surface area contributed by atoms with Gasteiger partial charge in [0, 0.05) is 18.2 Å². The molecule has 0 heterocycles. The van der Waals surface area contributed by atoms with Crippen molar-refractivity contribution in [3.8, 4) is 5.75 Å². The second kappa shape index (κ2) is 5.51. The van der Waals surface area contributed by atoms with Crippen molar-refractivity contribution in [3.63, 3.8) is 0 Å². The van der Waals surface area contributed by atoms with Gasteiger partial charge in [-0.05, 0) is 13.0 Å². The predicted octanol–water partition coefficient (Wildman–Crippen LogP) is 2.76. The Labute approximate surface area is 118 Å². The normalized spacial score (nSPS) is 25.1. The van der Waals surface area contributed by atoms with Gasteiger partial charge in [-0.2, -0.15) is 0 Å². The molecule has 0 bridgehead atoms. The molecule has 0 amide bonds. The number of rotatable bonds is 4. The molecule has 4 heteroatoms. The number of aliphatic carboxylic acids is 1. The molecule has 2 rings (SSSR count). The van der Waals surface area contributed by atoms with E-state index in [1.807, 2.05) is 37.3 Å². The Morgan fingerprint density at radius 1 is 1.30 bits per heavy atom. The lowest BCUT2D eigenvalue weighted by Crippen LogP contribution is -2.37. The Morgan fingerprint density at radius 2 is 2.00 bits per heavy atom. The lowest BCUT2D eigenvalue weighted by Gasteiger charge is -2.37. The quantitative estimate of drug-likeness (QED) is 0.917. The monoisotopic (exact) mass is 274 g/mol. The van der Waals surface area contributed by atoms with Crippen LogP contribution in [0, 0.1) is 0 Å². The van der Waals surface area contributed by atoms with E-state index in [0.717, 1.165) is 5.56 Å². The first-order valence-electron chi connectivity index (χ1n) is 6.34. The van der Waals surface area contributed by atoms with Gasteiger partial charge in [-0.3, -0.25) is 0 Å². The SMILES string of the molecule is COc1ccccc1C1C(C(=O)O)=CC=CC1(C)OC. The summed E-state index contributed by atoms with van der Waals surface area (Å²) in [7, 11) is 3.16. The van der Waals surface area contributed by atoms with Gasteiger partial charge in [-0.25, -0.2) is 4.79 Å². The average molecular weight is 274 g/mol. The van der Waals surface area contributed by atoms with Gasteiger partial charge in [-0.15, -0.1) is 0 Å². The van der Waals surface area contributed by atoms with Gasteiger partial charge in [0.15, 0.2) is 0 Å². The summed E-state index contributed by atoms with van der Waals surface area (Å²) in [5.74, 6) is -0.720. The van der Waals surface area contributed by atoms with Crippen LogP contribution in [0.15, 0.2) is 48.1 Å². The highest BCUT2D eigenvalue weighted by Gasteiger charge is 2.41. The van der Waals surface area contributed by atoms with Crippen LogP contribution in [0.5, 0.6) is 5.75 Å². The second-order valence-corrected chi connectivity index (χ2v) is 4.85. The van der Waals surface area contributed by atoms with Crippen LogP contribution in [0.1, 0.15) is 18.4 Å². The van der Waals surface area contributed by atoms with E-state index in [1.165, 1.54) is 0 Å². The highest BCUT2D eigenvalue weighted by atomic mass is 16.5. The fraction of sp³-hybridized carbons (Fsp3) is 0.312. The second-order valence-electron chi connectivity index (χ2n) is 4.85. The van der Waals surface area contributed by atoms with Crippen LogP contribution in [0.2, 0.25) is 0 Å². The molecule has 2 unspecified atom stereocenters. The van der Waals surface area contributed by atoms with Gasteiger partial charge in [-0.1, -0.05) is 36.4 Å². The number of hydrogen-bond acceptors (Lipinski definition) is 3. The molecule has 20 heavy (non-hydrogen) atoms. The van der Waals surface area contributed by atoms with Gasteiger partial charge in [0.1, 0.15) is 5.75 Å². The lowest BCUT2D eigenvalue weighted by atomic mass is 9.74. The Morgan fingerprint density at radius 3 is 2.60 bits per heavy atom. The molecule has 0 aromatic heterocycles. The Balaban J connectivity index is 2.61. The molecule has 2 atom stereocenters. The number of methoxy groups -OCH3 is 2. The summed E-state index contributed by atoms with van der Waals surface area (Å²) in [5, 5.41) is 9.46. The van der Waals surface area contributed by atoms with Crippen molar-refractivity contribution >= 4 is 5.97 Å². The molecule has 0 saturated heterocycles. The summed E-state index contributed by atoms with van der Waals surface area (Å²) in [6.07, 6.45) is 5.20. The zero-order valence-corrected chi connectivity index (χ0v) is 11.8. The van der Waals surface area contributed by atoms with E-state index in [4.69, 9.17) is 9.47 Å². The van der Waals surface area contributed by atoms with E-state index in [2.05, 4.69) is 0 Å². The zero-order valence-electron chi connectivity index (χ0n) is 11.8. The zero-order chi connectivity index (χ0) is 14.8. The van der Waals surface area contributed by atoms with Gasteiger partial charge in [0.25, 0.3) is 0 Å². The molecule has 4 nitrogen and oxygen atoms in total. The number of carboxylic acids is 1. The van der Waals surface area contributed by atoms with Crippen LogP contribution < -0.4 is 4.74 Å². The van der Waals surface area contributed by atoms with Crippen molar-refractivity contribution in [2.45, 2.75) is 18.4 Å². The molecule has 1 aromatic rings. The molecule has 0 radical (unpaired) electrons. The number of benzene rings is 1. The van der Waals surface area contributed by atoms with E-state index in [9.17, 15) is 9.90 Å². The average Bonchev–Trinajstić information content (AvgIpc) is 2.46. The molecule has 106 valence electrons. The number of hydrogen-bond donors (Lipinski definition) is 1. The Bertz CT molecular complexity index is 574. The third kappa shape index (κ3) is 2.34. The molecule has 1 aromatic carbocycles. The third-order valence-electron chi connectivity index (χ3n) is 3.72. The van der Waals surface area contributed by atoms with Crippen molar-refractivity contribution in [3.05, 3.63) is 53.6 Å². The number of ether oxygens (including phenoxy) is 2. The van der Waals surface area contributed by atoms with Gasteiger partial charge in [0.05, 0.1) is 18.6 Å². The summed E-state index contributed by atoms with van der Waals surface area (Å²) in [6.45, 7) is 1.87. The summed E-state index contributed by atoms with van der Waals surface area (Å²) in [4.78, 5) is 11.5. The first-order chi connectivity index (χ1) is 9.53. The molecule has 1 aliphatic rings. The molecule has 1 N–H and O–H groups in total. The van der Waals surface area contributed by atoms with Gasteiger partial charge in [0.2, 0.25) is 0 Å². The van der Waals surface area contributed by atoms with Crippen LogP contribution in [-0.2, 0) is 9.53 Å². The Hall–Kier alpha value is -2.07. The molecule has 0 saturated carbocycles. The van der Waals surface area contributed by atoms with E-state index in [0.29, 0.717) is 11.3 Å². The minimum Gasteiger partial charge on any atom is -0.496 e. The van der Waals surface area contributed by atoms with E-state index in [1.54, 1.807) is 26.4 Å². The minimum atomic E-state index is -0.950. The number of carbonyl (C=O) groups is 1. The smallest absolute Gasteiger partial charge is 0.332 e. The number of carboxylic acid groups (broad SMARTS) is 1. The summed E-state index contributed by atoms with van der Waals surface area (Å²) < 4.78 is 10.9. The van der Waals surface area contributed by atoms with Crippen molar-refractivity contribution in [2.75, 3.05) is 14.2 Å². The van der Waals surface area contributed by atoms with Crippen LogP contribution in [0.3, 0.4) is 0 Å². The lowest BCUT2D eigenvalue weighted by molar-refractivity contribution is -0.133. The van der Waals surface area contributed by atoms with Crippen LogP contribution >= 0.6 is 0 Å². The maximum Gasteiger partial charge on any atom is 0.332 e. The molecule has 0 fully saturated rings. The molecular formula is C16H18O4. The van der Waals surface area contributed by atoms with Crippen molar-refractivity contribution in [2.24, 2.45) is 0 Å². The molecule has 0 spiro atoms. The fourth-order valence-electron chi connectivity index (χ4n) is 2.61. The maximum atomic E-state index is 11.5. The summed E-state index contributed by atoms with van der Waals surface area (Å²) in [5.41, 5.74) is 0.371. The van der Waals surface area contributed by atoms with Crippen LogP contribution in [0.4, 0.5) is 0 Å². The minimum absolute atomic E-state index is 0.293. The topological polar surface area (TPSA) is 55.8 Å². The maximum absolute atomic E-state index is 11.5. The van der Waals surface area contributed by atoms with E-state index in [-0.39, 0.29) is 0 Å². The largest absolute Gasteiger partial charge is 0.496 e. The summed E-state index contributed by atoms with van der Waals surface area (Å²) in [6, 6.07) is 7.42. The van der Waals surface area contributed by atoms with E-state index >= 15 is 0 Å². The molecular weight excluding hydrogens is 256 g/mol. The predicted molar refractivity (Wildman–Crippen MR) is 76.0 cm³/mol. The summed E-state index contributed by atoms with van der Waals surface area (Å²) >= 11 is 0. The van der Waals surface area contributed by atoms with Gasteiger partial charge >= 0.3 is 5.97 Å². The first kappa shape index (κ1) is 14.3. The van der Waals surface area contributed by atoms with Crippen molar-refractivity contribution in [1.29, 1.82) is 0 Å².